The molecule has 1 aromatic carbocycles. The number of amides is 1. The Morgan fingerprint density at radius 3 is 2.47 bits per heavy atom. The first-order valence-electron chi connectivity index (χ1n) is 5.86. The summed E-state index contributed by atoms with van der Waals surface area (Å²) in [5, 5.41) is 0. The maximum atomic E-state index is 13.6. The molecule has 0 aliphatic rings. The second-order valence-corrected chi connectivity index (χ2v) is 5.04. The molecule has 1 rings (SSSR count). The van der Waals surface area contributed by atoms with E-state index in [1.54, 1.807) is 0 Å². The molecule has 1 amide bonds. The van der Waals surface area contributed by atoms with Gasteiger partial charge in [0.25, 0.3) is 5.91 Å². The summed E-state index contributed by atoms with van der Waals surface area (Å²) in [7, 11) is 0. The van der Waals surface area contributed by atoms with Gasteiger partial charge in [0, 0.05) is 11.8 Å². The molecule has 0 saturated carbocycles. The lowest BCUT2D eigenvalue weighted by Gasteiger charge is -2.19. The standard InChI is InChI=1S/C13H19FN2O3/c1-13(2,3)19-5-4-18-11-6-8(12(16)17)10(15)7-9(11)14/h6-7H,4-5,15H2,1-3H3,(H2,16,17). The lowest BCUT2D eigenvalue weighted by Crippen LogP contribution is -2.22. The predicted molar refractivity (Wildman–Crippen MR) is 70.5 cm³/mol. The van der Waals surface area contributed by atoms with Gasteiger partial charge in [-0.15, -0.1) is 0 Å². The van der Waals surface area contributed by atoms with Crippen molar-refractivity contribution in [3.8, 4) is 5.75 Å². The monoisotopic (exact) mass is 270 g/mol. The van der Waals surface area contributed by atoms with Crippen LogP contribution in [0.5, 0.6) is 5.75 Å². The first-order valence-corrected chi connectivity index (χ1v) is 5.86. The number of ether oxygens (including phenoxy) is 2. The lowest BCUT2D eigenvalue weighted by atomic mass is 10.1. The van der Waals surface area contributed by atoms with Gasteiger partial charge in [-0.3, -0.25) is 4.79 Å². The lowest BCUT2D eigenvalue weighted by molar-refractivity contribution is -0.0166. The summed E-state index contributed by atoms with van der Waals surface area (Å²) >= 11 is 0. The van der Waals surface area contributed by atoms with E-state index in [9.17, 15) is 9.18 Å². The normalized spacial score (nSPS) is 11.4. The second kappa shape index (κ2) is 5.88. The van der Waals surface area contributed by atoms with Crippen molar-refractivity contribution >= 4 is 11.6 Å². The molecule has 1 aromatic rings. The van der Waals surface area contributed by atoms with Crippen molar-refractivity contribution in [2.75, 3.05) is 18.9 Å². The molecule has 6 heteroatoms. The zero-order chi connectivity index (χ0) is 14.6. The van der Waals surface area contributed by atoms with Gasteiger partial charge in [-0.25, -0.2) is 4.39 Å². The minimum absolute atomic E-state index is 0.0108. The van der Waals surface area contributed by atoms with Gasteiger partial charge in [0.15, 0.2) is 11.6 Å². The van der Waals surface area contributed by atoms with Gasteiger partial charge in [0.1, 0.15) is 6.61 Å². The van der Waals surface area contributed by atoms with Crippen LogP contribution in [-0.4, -0.2) is 24.7 Å². The Morgan fingerprint density at radius 1 is 1.32 bits per heavy atom. The Bertz CT molecular complexity index is 470. The summed E-state index contributed by atoms with van der Waals surface area (Å²) in [6, 6.07) is 2.21. The van der Waals surface area contributed by atoms with Crippen LogP contribution in [0.4, 0.5) is 10.1 Å². The quantitative estimate of drug-likeness (QED) is 0.629. The highest BCUT2D eigenvalue weighted by Gasteiger charge is 2.14. The fourth-order valence-corrected chi connectivity index (χ4v) is 1.39. The average Bonchev–Trinajstić information content (AvgIpc) is 2.24. The van der Waals surface area contributed by atoms with Gasteiger partial charge in [-0.2, -0.15) is 0 Å². The highest BCUT2D eigenvalue weighted by Crippen LogP contribution is 2.24. The molecule has 4 N–H and O–H groups in total. The molecular formula is C13H19FN2O3. The fourth-order valence-electron chi connectivity index (χ4n) is 1.39. The van der Waals surface area contributed by atoms with E-state index in [4.69, 9.17) is 20.9 Å². The molecule has 0 fully saturated rings. The minimum Gasteiger partial charge on any atom is -0.488 e. The van der Waals surface area contributed by atoms with E-state index in [0.29, 0.717) is 6.61 Å². The molecule has 0 saturated heterocycles. The van der Waals surface area contributed by atoms with E-state index < -0.39 is 11.7 Å². The van der Waals surface area contributed by atoms with Crippen LogP contribution < -0.4 is 16.2 Å². The number of hydrogen-bond donors (Lipinski definition) is 2. The zero-order valence-electron chi connectivity index (χ0n) is 11.3. The van der Waals surface area contributed by atoms with E-state index in [1.807, 2.05) is 20.8 Å². The first-order chi connectivity index (χ1) is 8.70. The third-order valence-electron chi connectivity index (χ3n) is 2.25. The summed E-state index contributed by atoms with van der Waals surface area (Å²) in [6.07, 6.45) is 0. The molecule has 0 aliphatic carbocycles. The van der Waals surface area contributed by atoms with Crippen LogP contribution in [0, 0.1) is 5.82 Å². The van der Waals surface area contributed by atoms with Crippen LogP contribution in [0.3, 0.4) is 0 Å². The Hall–Kier alpha value is -1.82. The van der Waals surface area contributed by atoms with E-state index in [2.05, 4.69) is 0 Å². The molecule has 5 nitrogen and oxygen atoms in total. The number of benzene rings is 1. The maximum absolute atomic E-state index is 13.6. The molecule has 0 bridgehead atoms. The largest absolute Gasteiger partial charge is 0.488 e. The minimum atomic E-state index is -0.728. The number of nitrogen functional groups attached to an aromatic ring is 1. The number of primary amides is 1. The number of carbonyl (C=O) groups is 1. The summed E-state index contributed by atoms with van der Waals surface area (Å²) in [5.41, 5.74) is 10.3. The summed E-state index contributed by atoms with van der Waals surface area (Å²) in [6.45, 7) is 6.18. The number of hydrogen-bond acceptors (Lipinski definition) is 4. The van der Waals surface area contributed by atoms with Crippen molar-refractivity contribution in [1.29, 1.82) is 0 Å². The van der Waals surface area contributed by atoms with E-state index in [1.165, 1.54) is 6.07 Å². The van der Waals surface area contributed by atoms with Crippen molar-refractivity contribution in [3.63, 3.8) is 0 Å². The molecule has 19 heavy (non-hydrogen) atoms. The first kappa shape index (κ1) is 15.2. The van der Waals surface area contributed by atoms with Crippen LogP contribution in [0.1, 0.15) is 31.1 Å². The Balaban J connectivity index is 2.68. The van der Waals surface area contributed by atoms with Crippen molar-refractivity contribution in [1.82, 2.24) is 0 Å². The number of anilines is 1. The summed E-state index contributed by atoms with van der Waals surface area (Å²) in [5.74, 6) is -1.44. The van der Waals surface area contributed by atoms with Gasteiger partial charge < -0.3 is 20.9 Å². The fraction of sp³-hybridized carbons (Fsp3) is 0.462. The Kier molecular flexibility index (Phi) is 4.72. The number of carbonyl (C=O) groups excluding carboxylic acids is 1. The highest BCUT2D eigenvalue weighted by molar-refractivity contribution is 5.98. The van der Waals surface area contributed by atoms with Crippen LogP contribution >= 0.6 is 0 Å². The molecule has 0 atom stereocenters. The predicted octanol–water partition coefficient (Wildman–Crippen LogP) is 1.70. The summed E-state index contributed by atoms with van der Waals surface area (Å²) < 4.78 is 24.2. The third kappa shape index (κ3) is 4.75. The van der Waals surface area contributed by atoms with Gasteiger partial charge in [-0.1, -0.05) is 0 Å². The average molecular weight is 270 g/mol. The Morgan fingerprint density at radius 2 is 1.95 bits per heavy atom. The van der Waals surface area contributed by atoms with Gasteiger partial charge in [-0.05, 0) is 26.8 Å². The zero-order valence-corrected chi connectivity index (χ0v) is 11.3. The molecule has 0 radical (unpaired) electrons. The van der Waals surface area contributed by atoms with E-state index in [0.717, 1.165) is 6.07 Å². The molecule has 0 spiro atoms. The summed E-state index contributed by atoms with van der Waals surface area (Å²) in [4.78, 5) is 11.1. The molecule has 106 valence electrons. The van der Waals surface area contributed by atoms with Crippen LogP contribution in [-0.2, 0) is 4.74 Å². The molecule has 0 aromatic heterocycles. The van der Waals surface area contributed by atoms with Crippen molar-refractivity contribution in [2.45, 2.75) is 26.4 Å². The number of halogens is 1. The van der Waals surface area contributed by atoms with Crippen molar-refractivity contribution in [2.24, 2.45) is 5.73 Å². The van der Waals surface area contributed by atoms with Crippen molar-refractivity contribution in [3.05, 3.63) is 23.5 Å². The van der Waals surface area contributed by atoms with E-state index >= 15 is 0 Å². The topological polar surface area (TPSA) is 87.6 Å². The second-order valence-electron chi connectivity index (χ2n) is 5.04. The van der Waals surface area contributed by atoms with Gasteiger partial charge in [0.2, 0.25) is 0 Å². The third-order valence-corrected chi connectivity index (χ3v) is 2.25. The number of nitrogens with two attached hydrogens (primary N) is 2. The van der Waals surface area contributed by atoms with Gasteiger partial charge in [0.05, 0.1) is 17.8 Å². The molecular weight excluding hydrogens is 251 g/mol. The van der Waals surface area contributed by atoms with Gasteiger partial charge >= 0.3 is 0 Å². The Labute approximate surface area is 111 Å². The molecule has 0 aliphatic heterocycles. The molecule has 0 unspecified atom stereocenters. The van der Waals surface area contributed by atoms with E-state index in [-0.39, 0.29) is 29.2 Å². The molecule has 0 heterocycles. The van der Waals surface area contributed by atoms with Crippen LogP contribution in [0.15, 0.2) is 12.1 Å². The SMILES string of the molecule is CC(C)(C)OCCOc1cc(C(N)=O)c(N)cc1F. The van der Waals surface area contributed by atoms with Crippen molar-refractivity contribution < 1.29 is 18.7 Å². The highest BCUT2D eigenvalue weighted by atomic mass is 19.1. The maximum Gasteiger partial charge on any atom is 0.250 e. The van der Waals surface area contributed by atoms with Crippen LogP contribution in [0.25, 0.3) is 0 Å². The number of rotatable bonds is 5. The smallest absolute Gasteiger partial charge is 0.250 e. The van der Waals surface area contributed by atoms with Crippen LogP contribution in [0.2, 0.25) is 0 Å².